The lowest BCUT2D eigenvalue weighted by Crippen LogP contribution is -2.24. The maximum atomic E-state index is 12.1. The maximum Gasteiger partial charge on any atom is 0.227 e. The largest absolute Gasteiger partial charge is 0.370 e. The minimum atomic E-state index is 0.150. The standard InChI is InChI=1S/C17H27N3O/c1-13(2)10-11-18-16-9-8-15(12-19-16)20-17(21)14-6-4-3-5-7-14/h8-9,12-14H,3-7,10-11H2,1-2H3,(H,18,19)(H,20,21). The molecule has 0 atom stereocenters. The SMILES string of the molecule is CC(C)CCNc1ccc(NC(=O)C2CCCCC2)cn1. The topological polar surface area (TPSA) is 54.0 Å². The van der Waals surface area contributed by atoms with Gasteiger partial charge in [0.15, 0.2) is 0 Å². The zero-order chi connectivity index (χ0) is 15.1. The molecule has 2 rings (SSSR count). The van der Waals surface area contributed by atoms with Crippen molar-refractivity contribution in [3.05, 3.63) is 18.3 Å². The molecule has 1 aliphatic rings. The van der Waals surface area contributed by atoms with Gasteiger partial charge in [0.05, 0.1) is 11.9 Å². The molecule has 1 saturated carbocycles. The molecule has 1 fully saturated rings. The second kappa shape index (κ2) is 8.01. The first-order chi connectivity index (χ1) is 10.1. The van der Waals surface area contributed by atoms with Crippen LogP contribution in [0.25, 0.3) is 0 Å². The fourth-order valence-corrected chi connectivity index (χ4v) is 2.67. The Bertz CT molecular complexity index is 436. The van der Waals surface area contributed by atoms with Crippen LogP contribution in [-0.2, 0) is 4.79 Å². The molecule has 116 valence electrons. The third-order valence-electron chi connectivity index (χ3n) is 4.03. The first-order valence-electron chi connectivity index (χ1n) is 8.16. The molecule has 1 aromatic heterocycles. The molecule has 1 heterocycles. The Kier molecular flexibility index (Phi) is 6.03. The van der Waals surface area contributed by atoms with Crippen molar-refractivity contribution in [1.29, 1.82) is 0 Å². The van der Waals surface area contributed by atoms with Gasteiger partial charge in [-0.05, 0) is 37.3 Å². The van der Waals surface area contributed by atoms with Crippen molar-refractivity contribution < 1.29 is 4.79 Å². The van der Waals surface area contributed by atoms with E-state index in [2.05, 4.69) is 29.5 Å². The number of carbonyl (C=O) groups excluding carboxylic acids is 1. The van der Waals surface area contributed by atoms with E-state index in [9.17, 15) is 4.79 Å². The molecule has 2 N–H and O–H groups in total. The van der Waals surface area contributed by atoms with Crippen molar-refractivity contribution >= 4 is 17.4 Å². The highest BCUT2D eigenvalue weighted by Crippen LogP contribution is 2.25. The van der Waals surface area contributed by atoms with E-state index in [1.165, 1.54) is 19.3 Å². The van der Waals surface area contributed by atoms with E-state index in [1.807, 2.05) is 12.1 Å². The Morgan fingerprint density at radius 1 is 1.29 bits per heavy atom. The van der Waals surface area contributed by atoms with Gasteiger partial charge < -0.3 is 10.6 Å². The molecular weight excluding hydrogens is 262 g/mol. The normalized spacial score (nSPS) is 16.0. The molecule has 0 aliphatic heterocycles. The molecule has 21 heavy (non-hydrogen) atoms. The van der Waals surface area contributed by atoms with Crippen molar-refractivity contribution in [2.75, 3.05) is 17.2 Å². The quantitative estimate of drug-likeness (QED) is 0.830. The molecule has 0 aromatic carbocycles. The first kappa shape index (κ1) is 15.8. The average Bonchev–Trinajstić information content (AvgIpc) is 2.49. The predicted molar refractivity (Wildman–Crippen MR) is 87.4 cm³/mol. The van der Waals surface area contributed by atoms with Crippen molar-refractivity contribution in [3.63, 3.8) is 0 Å². The number of nitrogens with zero attached hydrogens (tertiary/aromatic N) is 1. The number of hydrogen-bond donors (Lipinski definition) is 2. The van der Waals surface area contributed by atoms with Gasteiger partial charge in [-0.1, -0.05) is 33.1 Å². The molecule has 4 heteroatoms. The van der Waals surface area contributed by atoms with E-state index in [0.29, 0.717) is 5.92 Å². The number of rotatable bonds is 6. The molecule has 0 saturated heterocycles. The summed E-state index contributed by atoms with van der Waals surface area (Å²) >= 11 is 0. The van der Waals surface area contributed by atoms with E-state index < -0.39 is 0 Å². The molecule has 1 amide bonds. The number of hydrogen-bond acceptors (Lipinski definition) is 3. The highest BCUT2D eigenvalue weighted by Gasteiger charge is 2.20. The summed E-state index contributed by atoms with van der Waals surface area (Å²) in [5.41, 5.74) is 0.792. The molecular formula is C17H27N3O. The van der Waals surface area contributed by atoms with Gasteiger partial charge in [0.2, 0.25) is 5.91 Å². The van der Waals surface area contributed by atoms with Gasteiger partial charge in [-0.15, -0.1) is 0 Å². The van der Waals surface area contributed by atoms with Crippen molar-refractivity contribution in [2.45, 2.75) is 52.4 Å². The van der Waals surface area contributed by atoms with Crippen LogP contribution in [0.15, 0.2) is 18.3 Å². The molecule has 0 spiro atoms. The maximum absolute atomic E-state index is 12.1. The molecule has 4 nitrogen and oxygen atoms in total. The van der Waals surface area contributed by atoms with Crippen LogP contribution in [-0.4, -0.2) is 17.4 Å². The van der Waals surface area contributed by atoms with Crippen LogP contribution in [0.5, 0.6) is 0 Å². The molecule has 0 unspecified atom stereocenters. The van der Waals surface area contributed by atoms with Crippen LogP contribution >= 0.6 is 0 Å². The number of pyridine rings is 1. The zero-order valence-electron chi connectivity index (χ0n) is 13.2. The van der Waals surface area contributed by atoms with E-state index in [4.69, 9.17) is 0 Å². The zero-order valence-corrected chi connectivity index (χ0v) is 13.2. The number of anilines is 2. The predicted octanol–water partition coefficient (Wildman–Crippen LogP) is 4.06. The summed E-state index contributed by atoms with van der Waals surface area (Å²) in [7, 11) is 0. The number of carbonyl (C=O) groups is 1. The summed E-state index contributed by atoms with van der Waals surface area (Å²) in [5, 5.41) is 6.28. The Hall–Kier alpha value is -1.58. The number of nitrogens with one attached hydrogen (secondary N) is 2. The fraction of sp³-hybridized carbons (Fsp3) is 0.647. The van der Waals surface area contributed by atoms with E-state index in [-0.39, 0.29) is 11.8 Å². The van der Waals surface area contributed by atoms with Crippen molar-refractivity contribution in [1.82, 2.24) is 4.98 Å². The number of aromatic nitrogens is 1. The Morgan fingerprint density at radius 2 is 2.05 bits per heavy atom. The van der Waals surface area contributed by atoms with Crippen LogP contribution in [0.3, 0.4) is 0 Å². The van der Waals surface area contributed by atoms with Crippen LogP contribution in [0.1, 0.15) is 52.4 Å². The van der Waals surface area contributed by atoms with Crippen LogP contribution in [0.4, 0.5) is 11.5 Å². The lowest BCUT2D eigenvalue weighted by atomic mass is 9.88. The van der Waals surface area contributed by atoms with Crippen LogP contribution < -0.4 is 10.6 Å². The average molecular weight is 289 g/mol. The summed E-state index contributed by atoms with van der Waals surface area (Å²) in [6.07, 6.45) is 8.52. The molecule has 1 aliphatic carbocycles. The highest BCUT2D eigenvalue weighted by molar-refractivity contribution is 5.92. The van der Waals surface area contributed by atoms with Gasteiger partial charge >= 0.3 is 0 Å². The summed E-state index contributed by atoms with van der Waals surface area (Å²) in [6, 6.07) is 3.85. The smallest absolute Gasteiger partial charge is 0.227 e. The second-order valence-electron chi connectivity index (χ2n) is 6.37. The van der Waals surface area contributed by atoms with Gasteiger partial charge in [0.1, 0.15) is 5.82 Å². The van der Waals surface area contributed by atoms with Gasteiger partial charge in [-0.3, -0.25) is 4.79 Å². The monoisotopic (exact) mass is 289 g/mol. The number of amides is 1. The van der Waals surface area contributed by atoms with E-state index >= 15 is 0 Å². The lowest BCUT2D eigenvalue weighted by Gasteiger charge is -2.20. The van der Waals surface area contributed by atoms with Gasteiger partial charge in [0.25, 0.3) is 0 Å². The summed E-state index contributed by atoms with van der Waals surface area (Å²) in [6.45, 7) is 5.34. The second-order valence-corrected chi connectivity index (χ2v) is 6.37. The van der Waals surface area contributed by atoms with Crippen molar-refractivity contribution in [2.24, 2.45) is 11.8 Å². The Balaban J connectivity index is 1.80. The van der Waals surface area contributed by atoms with Gasteiger partial charge in [-0.25, -0.2) is 4.98 Å². The van der Waals surface area contributed by atoms with Gasteiger partial charge in [-0.2, -0.15) is 0 Å². The Labute approximate surface area is 127 Å². The summed E-state index contributed by atoms with van der Waals surface area (Å²) < 4.78 is 0. The fourth-order valence-electron chi connectivity index (χ4n) is 2.67. The summed E-state index contributed by atoms with van der Waals surface area (Å²) in [4.78, 5) is 16.5. The minimum absolute atomic E-state index is 0.150. The first-order valence-corrected chi connectivity index (χ1v) is 8.16. The molecule has 1 aromatic rings. The van der Waals surface area contributed by atoms with Crippen LogP contribution in [0, 0.1) is 11.8 Å². The highest BCUT2D eigenvalue weighted by atomic mass is 16.1. The minimum Gasteiger partial charge on any atom is -0.370 e. The Morgan fingerprint density at radius 3 is 2.67 bits per heavy atom. The van der Waals surface area contributed by atoms with Crippen LogP contribution in [0.2, 0.25) is 0 Å². The van der Waals surface area contributed by atoms with Crippen molar-refractivity contribution in [3.8, 4) is 0 Å². The third kappa shape index (κ3) is 5.37. The lowest BCUT2D eigenvalue weighted by molar-refractivity contribution is -0.120. The molecule has 0 bridgehead atoms. The van der Waals surface area contributed by atoms with E-state index in [1.54, 1.807) is 6.20 Å². The summed E-state index contributed by atoms with van der Waals surface area (Å²) in [5.74, 6) is 1.89. The molecule has 0 radical (unpaired) electrons. The van der Waals surface area contributed by atoms with Gasteiger partial charge in [0, 0.05) is 12.5 Å². The third-order valence-corrected chi connectivity index (χ3v) is 4.03. The van der Waals surface area contributed by atoms with E-state index in [0.717, 1.165) is 37.3 Å².